The van der Waals surface area contributed by atoms with Crippen molar-refractivity contribution in [1.82, 2.24) is 0 Å². The number of allylic oxidation sites excluding steroid dienone is 2. The molecule has 0 amide bonds. The van der Waals surface area contributed by atoms with Crippen LogP contribution >= 0.6 is 0 Å². The largest absolute Gasteiger partial charge is 0.251 e. The van der Waals surface area contributed by atoms with Crippen LogP contribution < -0.4 is 0 Å². The van der Waals surface area contributed by atoms with E-state index >= 15 is 0 Å². The maximum absolute atomic E-state index is 5.50. The summed E-state index contributed by atoms with van der Waals surface area (Å²) in [5.41, 5.74) is 6.94. The summed E-state index contributed by atoms with van der Waals surface area (Å²) in [7, 11) is 0. The number of benzene rings is 2. The summed E-state index contributed by atoms with van der Waals surface area (Å²) < 4.78 is 0. The molecular weight excluding hydrogens is 783 g/mol. The molecule has 2 rings (SSSR count). The van der Waals surface area contributed by atoms with E-state index < -0.39 is 0 Å². The van der Waals surface area contributed by atoms with Crippen molar-refractivity contribution in [2.24, 2.45) is 9.98 Å². The number of rotatable bonds is 36. The molecular formula is C58H90N2Ni. The molecule has 0 bridgehead atoms. The predicted molar refractivity (Wildman–Crippen MR) is 270 cm³/mol. The van der Waals surface area contributed by atoms with Gasteiger partial charge in [0.25, 0.3) is 0 Å². The molecule has 0 spiro atoms. The molecule has 0 radical (unpaired) electrons. The van der Waals surface area contributed by atoms with Crippen LogP contribution in [0, 0.1) is 23.7 Å². The Labute approximate surface area is 388 Å². The number of hydrogen-bond donors (Lipinski definition) is 0. The first-order chi connectivity index (χ1) is 29.7. The van der Waals surface area contributed by atoms with Crippen LogP contribution in [-0.4, -0.2) is 11.4 Å². The zero-order valence-corrected chi connectivity index (χ0v) is 41.0. The van der Waals surface area contributed by atoms with Crippen molar-refractivity contribution in [3.05, 3.63) is 71.8 Å². The summed E-state index contributed by atoms with van der Waals surface area (Å²) in [5, 5.41) is 0. The van der Waals surface area contributed by atoms with Crippen LogP contribution in [0.5, 0.6) is 0 Å². The molecule has 0 saturated heterocycles. The maximum atomic E-state index is 5.50. The fourth-order valence-electron chi connectivity index (χ4n) is 7.79. The van der Waals surface area contributed by atoms with Gasteiger partial charge in [0.1, 0.15) is 0 Å². The quantitative estimate of drug-likeness (QED) is 0.0282. The Morgan fingerprint density at radius 1 is 0.426 bits per heavy atom. The number of aliphatic imine (C=N–C) groups is 2. The molecule has 0 N–H and O–H groups in total. The Morgan fingerprint density at radius 3 is 1.28 bits per heavy atom. The van der Waals surface area contributed by atoms with Gasteiger partial charge in [0.15, 0.2) is 0 Å². The second-order valence-corrected chi connectivity index (χ2v) is 17.2. The summed E-state index contributed by atoms with van der Waals surface area (Å²) in [6, 6.07) is 17.5. The van der Waals surface area contributed by atoms with Gasteiger partial charge in [-0.25, -0.2) is 4.99 Å². The minimum atomic E-state index is 0. The Bertz CT molecular complexity index is 1540. The monoisotopic (exact) mass is 873 g/mol. The Hall–Kier alpha value is -2.87. The van der Waals surface area contributed by atoms with E-state index in [2.05, 4.69) is 112 Å². The molecule has 0 atom stereocenters. The van der Waals surface area contributed by atoms with Crippen molar-refractivity contribution >= 4 is 22.8 Å². The number of para-hydroxylation sites is 2. The van der Waals surface area contributed by atoms with E-state index in [4.69, 9.17) is 9.98 Å². The first kappa shape index (κ1) is 56.2. The minimum Gasteiger partial charge on any atom is -0.251 e. The van der Waals surface area contributed by atoms with Crippen LogP contribution in [0.4, 0.5) is 11.4 Å². The van der Waals surface area contributed by atoms with Crippen molar-refractivity contribution in [1.29, 1.82) is 0 Å². The minimum absolute atomic E-state index is 0. The van der Waals surface area contributed by atoms with Crippen LogP contribution in [0.15, 0.2) is 70.7 Å². The third-order valence-electron chi connectivity index (χ3n) is 11.5. The van der Waals surface area contributed by atoms with Gasteiger partial charge in [0, 0.05) is 42.2 Å². The average molecular weight is 874 g/mol. The van der Waals surface area contributed by atoms with Gasteiger partial charge in [-0.3, -0.25) is 4.99 Å². The number of aryl methyl sites for hydroxylation is 2. The third kappa shape index (κ3) is 30.8. The van der Waals surface area contributed by atoms with Crippen molar-refractivity contribution in [3.63, 3.8) is 0 Å². The average Bonchev–Trinajstić information content (AvgIpc) is 3.27. The van der Waals surface area contributed by atoms with Gasteiger partial charge in [-0.2, -0.15) is 0 Å². The molecule has 0 unspecified atom stereocenters. The second kappa shape index (κ2) is 42.4. The first-order valence-electron chi connectivity index (χ1n) is 25.6. The number of hydrogen-bond acceptors (Lipinski definition) is 2. The van der Waals surface area contributed by atoms with E-state index in [1.165, 1.54) is 146 Å². The summed E-state index contributed by atoms with van der Waals surface area (Å²) in [5.74, 6) is 13.4. The molecule has 342 valence electrons. The summed E-state index contributed by atoms with van der Waals surface area (Å²) in [4.78, 5) is 11.0. The first-order valence-corrected chi connectivity index (χ1v) is 25.6. The van der Waals surface area contributed by atoms with E-state index in [0.29, 0.717) is 0 Å². The molecule has 0 saturated carbocycles. The summed E-state index contributed by atoms with van der Waals surface area (Å²) in [6.45, 7) is 8.99. The van der Waals surface area contributed by atoms with Crippen LogP contribution in [0.1, 0.15) is 244 Å². The molecule has 2 aromatic rings. The molecule has 0 fully saturated rings. The molecule has 2 aromatic carbocycles. The van der Waals surface area contributed by atoms with E-state index in [1.54, 1.807) is 0 Å². The zero-order chi connectivity index (χ0) is 42.8. The molecule has 0 aliphatic rings. The van der Waals surface area contributed by atoms with Gasteiger partial charge in [-0.15, -0.1) is 23.7 Å². The Balaban J connectivity index is 0.0000186. The smallest absolute Gasteiger partial charge is 0.0848 e. The van der Waals surface area contributed by atoms with Gasteiger partial charge in [0.2, 0.25) is 0 Å². The number of nitrogens with zero attached hydrogens (tertiary/aromatic N) is 2. The van der Waals surface area contributed by atoms with Crippen molar-refractivity contribution < 1.29 is 16.5 Å². The van der Waals surface area contributed by atoms with Crippen LogP contribution in [-0.2, 0) is 29.3 Å². The zero-order valence-electron chi connectivity index (χ0n) is 40.0. The SMILES string of the molecule is CCCC#CCCCc1ccccc1/N=C(\C=C\CCCCCCCCCCCCCCCCCCCC)C(/CCCCCC)=N/c1ccccc1CCCC#CCCC.[Ni]. The molecule has 2 nitrogen and oxygen atoms in total. The van der Waals surface area contributed by atoms with E-state index in [-0.39, 0.29) is 16.5 Å². The van der Waals surface area contributed by atoms with E-state index in [1.807, 2.05) is 0 Å². The second-order valence-electron chi connectivity index (χ2n) is 17.2. The fraction of sp³-hybridized carbons (Fsp3) is 0.655. The Morgan fingerprint density at radius 2 is 0.820 bits per heavy atom. The normalized spacial score (nSPS) is 11.6. The summed E-state index contributed by atoms with van der Waals surface area (Å²) >= 11 is 0. The predicted octanol–water partition coefficient (Wildman–Crippen LogP) is 18.7. The van der Waals surface area contributed by atoms with Crippen LogP contribution in [0.25, 0.3) is 0 Å². The van der Waals surface area contributed by atoms with Gasteiger partial charge in [-0.05, 0) is 93.5 Å². The topological polar surface area (TPSA) is 24.7 Å². The van der Waals surface area contributed by atoms with Crippen molar-refractivity contribution in [2.45, 2.75) is 246 Å². The summed E-state index contributed by atoms with van der Waals surface area (Å²) in [6.07, 6.45) is 47.2. The molecule has 3 heteroatoms. The van der Waals surface area contributed by atoms with Crippen molar-refractivity contribution in [3.8, 4) is 23.7 Å². The third-order valence-corrected chi connectivity index (χ3v) is 11.5. The van der Waals surface area contributed by atoms with Gasteiger partial charge >= 0.3 is 0 Å². The van der Waals surface area contributed by atoms with E-state index in [9.17, 15) is 0 Å². The molecule has 61 heavy (non-hydrogen) atoms. The maximum Gasteiger partial charge on any atom is 0.0848 e. The van der Waals surface area contributed by atoms with Crippen molar-refractivity contribution in [2.75, 3.05) is 0 Å². The van der Waals surface area contributed by atoms with Crippen LogP contribution in [0.3, 0.4) is 0 Å². The fourth-order valence-corrected chi connectivity index (χ4v) is 7.79. The molecule has 0 aliphatic heterocycles. The standard InChI is InChI=1S/C58H90N2.Ni/c1-5-9-13-17-20-21-22-23-24-25-26-27-28-29-30-31-32-33-36-40-52-58(60-56-50-44-42-48-54(56)46-38-35-19-15-11-7-3)57(51-39-16-12-8-4)59-55-49-43-41-47-53(55)45-37-34-18-14-10-6-2;/h40-44,47-50,52H,5-13,16-17,20-39,45-46,51H2,1-4H3;/b52-40+,59-57+,60-58+;. The molecule has 0 heterocycles. The Kier molecular flexibility index (Phi) is 39.1. The van der Waals surface area contributed by atoms with E-state index in [0.717, 1.165) is 106 Å². The van der Waals surface area contributed by atoms with Gasteiger partial charge in [0.05, 0.1) is 22.8 Å². The molecule has 0 aliphatic carbocycles. The van der Waals surface area contributed by atoms with Gasteiger partial charge in [-0.1, -0.05) is 199 Å². The molecule has 0 aromatic heterocycles. The van der Waals surface area contributed by atoms with Gasteiger partial charge < -0.3 is 0 Å². The number of unbranched alkanes of at least 4 members (excludes halogenated alkanes) is 25. The van der Waals surface area contributed by atoms with Crippen LogP contribution in [0.2, 0.25) is 0 Å².